The van der Waals surface area contributed by atoms with Gasteiger partial charge in [0.1, 0.15) is 11.8 Å². The molecule has 0 N–H and O–H groups in total. The average molecular weight is 428 g/mol. The molecule has 0 aromatic heterocycles. The Bertz CT molecular complexity index is 830. The van der Waals surface area contributed by atoms with Gasteiger partial charge in [-0.2, -0.15) is 0 Å². The van der Waals surface area contributed by atoms with Crippen LogP contribution >= 0.6 is 0 Å². The zero-order valence-corrected chi connectivity index (χ0v) is 18.8. The minimum atomic E-state index is -0.344. The number of hydrogen-bond donors (Lipinski definition) is 0. The van der Waals surface area contributed by atoms with Crippen LogP contribution in [0.1, 0.15) is 48.9 Å². The number of benzene rings is 1. The highest BCUT2D eigenvalue weighted by molar-refractivity contribution is 5.98. The molecule has 3 atom stereocenters. The molecular weight excluding hydrogens is 394 g/mol. The summed E-state index contributed by atoms with van der Waals surface area (Å²) >= 11 is 0. The second-order valence-electron chi connectivity index (χ2n) is 9.29. The van der Waals surface area contributed by atoms with Crippen LogP contribution in [0.25, 0.3) is 0 Å². The molecule has 0 bridgehead atoms. The maximum absolute atomic E-state index is 13.2. The average Bonchev–Trinajstić information content (AvgIpc) is 3.46. The smallest absolute Gasteiger partial charge is 0.245 e. The third-order valence-electron chi connectivity index (χ3n) is 7.16. The van der Waals surface area contributed by atoms with Crippen LogP contribution in [-0.2, 0) is 9.59 Å². The third kappa shape index (κ3) is 4.61. The van der Waals surface area contributed by atoms with Gasteiger partial charge in [-0.05, 0) is 70.0 Å². The van der Waals surface area contributed by atoms with E-state index in [4.69, 9.17) is 4.74 Å². The molecule has 1 aliphatic carbocycles. The molecule has 168 valence electrons. The molecule has 2 saturated heterocycles. The van der Waals surface area contributed by atoms with Gasteiger partial charge in [-0.25, -0.2) is 0 Å². The number of hydrogen-bond acceptors (Lipinski definition) is 5. The minimum Gasteiger partial charge on any atom is -0.497 e. The zero-order chi connectivity index (χ0) is 22.1. The molecule has 0 radical (unpaired) electrons. The maximum atomic E-state index is 13.2. The second-order valence-corrected chi connectivity index (χ2v) is 9.29. The summed E-state index contributed by atoms with van der Waals surface area (Å²) in [6, 6.07) is 7.31. The number of methoxy groups -OCH3 is 1. The number of carbonyl (C=O) groups is 3. The van der Waals surface area contributed by atoms with E-state index in [1.165, 1.54) is 0 Å². The van der Waals surface area contributed by atoms with Crippen molar-refractivity contribution in [1.29, 1.82) is 0 Å². The van der Waals surface area contributed by atoms with Crippen molar-refractivity contribution >= 4 is 17.6 Å². The van der Waals surface area contributed by atoms with Crippen molar-refractivity contribution in [3.05, 3.63) is 29.8 Å². The van der Waals surface area contributed by atoms with Crippen molar-refractivity contribution in [1.82, 2.24) is 14.7 Å². The lowest BCUT2D eigenvalue weighted by atomic mass is 10.0. The quantitative estimate of drug-likeness (QED) is 0.624. The molecule has 1 saturated carbocycles. The van der Waals surface area contributed by atoms with Crippen molar-refractivity contribution in [3.63, 3.8) is 0 Å². The van der Waals surface area contributed by atoms with Gasteiger partial charge in [0, 0.05) is 43.6 Å². The van der Waals surface area contributed by atoms with E-state index in [9.17, 15) is 14.4 Å². The van der Waals surface area contributed by atoms with Crippen LogP contribution in [-0.4, -0.2) is 84.7 Å². The molecular formula is C24H33N3O4. The highest BCUT2D eigenvalue weighted by Crippen LogP contribution is 2.48. The molecule has 2 aliphatic heterocycles. The Balaban J connectivity index is 1.33. The molecule has 7 nitrogen and oxygen atoms in total. The fourth-order valence-corrected chi connectivity index (χ4v) is 5.12. The second kappa shape index (κ2) is 8.99. The zero-order valence-electron chi connectivity index (χ0n) is 18.8. The number of piperidine rings is 2. The van der Waals surface area contributed by atoms with Gasteiger partial charge in [0.25, 0.3) is 0 Å². The first-order valence-electron chi connectivity index (χ1n) is 11.3. The fraction of sp³-hybridized carbons (Fsp3) is 0.625. The van der Waals surface area contributed by atoms with Gasteiger partial charge in [0.15, 0.2) is 5.78 Å². The molecule has 1 aromatic carbocycles. The van der Waals surface area contributed by atoms with E-state index >= 15 is 0 Å². The Morgan fingerprint density at radius 3 is 2.32 bits per heavy atom. The van der Waals surface area contributed by atoms with E-state index in [1.54, 1.807) is 31.4 Å². The normalized spacial score (nSPS) is 25.5. The first kappa shape index (κ1) is 21.8. The fourth-order valence-electron chi connectivity index (χ4n) is 5.12. The van der Waals surface area contributed by atoms with Crippen LogP contribution in [0.3, 0.4) is 0 Å². The van der Waals surface area contributed by atoms with Crippen molar-refractivity contribution in [2.45, 2.75) is 56.7 Å². The topological polar surface area (TPSA) is 70.2 Å². The summed E-state index contributed by atoms with van der Waals surface area (Å²) in [5.74, 6) is 1.12. The first-order chi connectivity index (χ1) is 14.9. The number of fused-ring (bicyclic) bond motifs is 1. The number of Topliss-reactive ketones (excluding diaryl/α,β-unsaturated/α-hetero) is 1. The molecule has 7 heteroatoms. The molecule has 0 spiro atoms. The van der Waals surface area contributed by atoms with E-state index in [1.807, 2.05) is 9.80 Å². The highest BCUT2D eigenvalue weighted by Gasteiger charge is 2.56. The molecule has 4 rings (SSSR count). The van der Waals surface area contributed by atoms with Crippen molar-refractivity contribution in [3.8, 4) is 5.75 Å². The Labute approximate surface area is 184 Å². The highest BCUT2D eigenvalue weighted by atomic mass is 16.5. The van der Waals surface area contributed by atoms with Crippen LogP contribution in [0.4, 0.5) is 0 Å². The van der Waals surface area contributed by atoms with E-state index in [-0.39, 0.29) is 42.5 Å². The van der Waals surface area contributed by atoms with Crippen LogP contribution in [0.5, 0.6) is 5.75 Å². The number of likely N-dealkylation sites (tertiary alicyclic amines) is 2. The summed E-state index contributed by atoms with van der Waals surface area (Å²) in [4.78, 5) is 44.7. The third-order valence-corrected chi connectivity index (χ3v) is 7.16. The van der Waals surface area contributed by atoms with Crippen LogP contribution < -0.4 is 4.74 Å². The largest absolute Gasteiger partial charge is 0.497 e. The summed E-state index contributed by atoms with van der Waals surface area (Å²) in [6.07, 6.45) is 4.03. The van der Waals surface area contributed by atoms with Gasteiger partial charge in [0.2, 0.25) is 11.8 Å². The van der Waals surface area contributed by atoms with E-state index in [0.717, 1.165) is 38.8 Å². The van der Waals surface area contributed by atoms with Crippen LogP contribution in [0, 0.1) is 5.92 Å². The lowest BCUT2D eigenvalue weighted by Crippen LogP contribution is -2.52. The van der Waals surface area contributed by atoms with Gasteiger partial charge in [-0.3, -0.25) is 14.4 Å². The number of amides is 2. The molecule has 2 heterocycles. The van der Waals surface area contributed by atoms with Crippen molar-refractivity contribution in [2.75, 3.05) is 34.3 Å². The van der Waals surface area contributed by atoms with Crippen molar-refractivity contribution in [2.24, 2.45) is 5.92 Å². The van der Waals surface area contributed by atoms with E-state index in [0.29, 0.717) is 23.3 Å². The van der Waals surface area contributed by atoms with Crippen molar-refractivity contribution < 1.29 is 19.1 Å². The standard InChI is InChI=1S/C24H33N3O4/c1-25(2)18-10-12-26(13-11-18)24(30)21-15-17-14-20(17)27(21)23(29)9-8-22(28)16-4-6-19(31-3)7-5-16/h4-7,17-18,20-21H,8-15H2,1-3H3/t17-,20-,21-/m1/s1. The maximum Gasteiger partial charge on any atom is 0.245 e. The molecule has 2 amide bonds. The molecule has 31 heavy (non-hydrogen) atoms. The van der Waals surface area contributed by atoms with Crippen LogP contribution in [0.2, 0.25) is 0 Å². The predicted molar refractivity (Wildman–Crippen MR) is 117 cm³/mol. The monoisotopic (exact) mass is 427 g/mol. The lowest BCUT2D eigenvalue weighted by Gasteiger charge is -2.38. The predicted octanol–water partition coefficient (Wildman–Crippen LogP) is 2.20. The molecule has 0 unspecified atom stereocenters. The molecule has 3 fully saturated rings. The Hall–Kier alpha value is -2.41. The van der Waals surface area contributed by atoms with Gasteiger partial charge in [-0.15, -0.1) is 0 Å². The summed E-state index contributed by atoms with van der Waals surface area (Å²) < 4.78 is 5.12. The van der Waals surface area contributed by atoms with Gasteiger partial charge in [0.05, 0.1) is 7.11 Å². The van der Waals surface area contributed by atoms with Gasteiger partial charge >= 0.3 is 0 Å². The number of carbonyl (C=O) groups excluding carboxylic acids is 3. The number of nitrogens with zero attached hydrogens (tertiary/aromatic N) is 3. The minimum absolute atomic E-state index is 0.0591. The number of ether oxygens (including phenoxy) is 1. The number of rotatable bonds is 7. The summed E-state index contributed by atoms with van der Waals surface area (Å²) in [6.45, 7) is 1.51. The SMILES string of the molecule is COc1ccc(C(=O)CCC(=O)N2[C@@H](C(=O)N3CCC(N(C)C)CC3)C[C@H]3C[C@H]32)cc1. The van der Waals surface area contributed by atoms with Gasteiger partial charge in [-0.1, -0.05) is 0 Å². The number of ketones is 1. The molecule has 3 aliphatic rings. The lowest BCUT2D eigenvalue weighted by molar-refractivity contribution is -0.146. The van der Waals surface area contributed by atoms with Gasteiger partial charge < -0.3 is 19.4 Å². The summed E-state index contributed by atoms with van der Waals surface area (Å²) in [5.41, 5.74) is 0.579. The van der Waals surface area contributed by atoms with E-state index < -0.39 is 0 Å². The Morgan fingerprint density at radius 1 is 1.03 bits per heavy atom. The van der Waals surface area contributed by atoms with E-state index in [2.05, 4.69) is 19.0 Å². The Morgan fingerprint density at radius 2 is 1.71 bits per heavy atom. The summed E-state index contributed by atoms with van der Waals surface area (Å²) in [5, 5.41) is 0. The molecule has 1 aromatic rings. The van der Waals surface area contributed by atoms with Crippen LogP contribution in [0.15, 0.2) is 24.3 Å². The summed E-state index contributed by atoms with van der Waals surface area (Å²) in [7, 11) is 5.75. The first-order valence-corrected chi connectivity index (χ1v) is 11.3. The Kier molecular flexibility index (Phi) is 6.32.